The van der Waals surface area contributed by atoms with Crippen molar-refractivity contribution in [1.29, 1.82) is 0 Å². The highest BCUT2D eigenvalue weighted by Crippen LogP contribution is 2.46. The fourth-order valence-electron chi connectivity index (χ4n) is 2.78. The summed E-state index contributed by atoms with van der Waals surface area (Å²) >= 11 is 0. The Kier molecular flexibility index (Phi) is 4.59. The van der Waals surface area contributed by atoms with Gasteiger partial charge in [-0.1, -0.05) is 32.9 Å². The molecule has 0 saturated heterocycles. The fourth-order valence-corrected chi connectivity index (χ4v) is 2.78. The van der Waals surface area contributed by atoms with Crippen molar-refractivity contribution in [2.24, 2.45) is 28.1 Å². The van der Waals surface area contributed by atoms with E-state index in [1.807, 2.05) is 6.92 Å². The van der Waals surface area contributed by atoms with Crippen LogP contribution in [-0.2, 0) is 4.79 Å². The molecule has 0 aromatic rings. The molecule has 104 valence electrons. The molecule has 0 aliphatic heterocycles. The van der Waals surface area contributed by atoms with E-state index in [-0.39, 0.29) is 17.8 Å². The lowest BCUT2D eigenvalue weighted by molar-refractivity contribution is -0.134. The Labute approximate surface area is 109 Å². The molecule has 1 amide bonds. The van der Waals surface area contributed by atoms with E-state index >= 15 is 0 Å². The summed E-state index contributed by atoms with van der Waals surface area (Å²) in [6.45, 7) is 8.27. The van der Waals surface area contributed by atoms with Crippen molar-refractivity contribution in [2.45, 2.75) is 53.0 Å². The second-order valence-corrected chi connectivity index (χ2v) is 5.81. The van der Waals surface area contributed by atoms with Gasteiger partial charge in [-0.15, -0.1) is 0 Å². The standard InChI is InChI=1S/C13H25N3O2/c1-5-10(8(2)3)15-12(17)13(11(14)16-18)6-9(4)7-13/h8-10,18H,5-7H2,1-4H3,(H2,14,16)(H,15,17). The Morgan fingerprint density at radius 2 is 2.11 bits per heavy atom. The third-order valence-electron chi connectivity index (χ3n) is 3.99. The van der Waals surface area contributed by atoms with Gasteiger partial charge < -0.3 is 16.3 Å². The summed E-state index contributed by atoms with van der Waals surface area (Å²) in [5, 5.41) is 14.9. The summed E-state index contributed by atoms with van der Waals surface area (Å²) in [7, 11) is 0. The molecule has 0 spiro atoms. The van der Waals surface area contributed by atoms with Crippen LogP contribution in [0, 0.1) is 17.3 Å². The van der Waals surface area contributed by atoms with E-state index in [2.05, 4.69) is 31.2 Å². The van der Waals surface area contributed by atoms with Crippen LogP contribution in [0.1, 0.15) is 47.0 Å². The Hall–Kier alpha value is -1.26. The Bertz CT molecular complexity index is 333. The van der Waals surface area contributed by atoms with Crippen LogP contribution in [0.15, 0.2) is 5.16 Å². The van der Waals surface area contributed by atoms with Crippen molar-refractivity contribution < 1.29 is 10.0 Å². The zero-order valence-electron chi connectivity index (χ0n) is 11.7. The van der Waals surface area contributed by atoms with Crippen LogP contribution in [0.25, 0.3) is 0 Å². The van der Waals surface area contributed by atoms with Crippen molar-refractivity contribution in [3.63, 3.8) is 0 Å². The molecular formula is C13H25N3O2. The smallest absolute Gasteiger partial charge is 0.234 e. The molecule has 0 heterocycles. The van der Waals surface area contributed by atoms with Crippen molar-refractivity contribution in [3.8, 4) is 0 Å². The van der Waals surface area contributed by atoms with Gasteiger partial charge in [0, 0.05) is 6.04 Å². The highest BCUT2D eigenvalue weighted by Gasteiger charge is 2.52. The van der Waals surface area contributed by atoms with E-state index in [4.69, 9.17) is 10.9 Å². The molecule has 0 aromatic carbocycles. The van der Waals surface area contributed by atoms with Gasteiger partial charge in [0.05, 0.1) is 0 Å². The first-order chi connectivity index (χ1) is 8.37. The maximum absolute atomic E-state index is 12.4. The van der Waals surface area contributed by atoms with Gasteiger partial charge in [-0.2, -0.15) is 0 Å². The van der Waals surface area contributed by atoms with Gasteiger partial charge >= 0.3 is 0 Å². The zero-order chi connectivity index (χ0) is 13.9. The van der Waals surface area contributed by atoms with Crippen LogP contribution in [-0.4, -0.2) is 23.0 Å². The van der Waals surface area contributed by atoms with E-state index in [0.717, 1.165) is 6.42 Å². The molecular weight excluding hydrogens is 230 g/mol. The normalized spacial score (nSPS) is 29.8. The first kappa shape index (κ1) is 14.8. The quantitative estimate of drug-likeness (QED) is 0.302. The first-order valence-electron chi connectivity index (χ1n) is 6.66. The average Bonchev–Trinajstić information content (AvgIpc) is 2.29. The van der Waals surface area contributed by atoms with Gasteiger partial charge in [-0.05, 0) is 31.1 Å². The molecule has 1 aliphatic carbocycles. The summed E-state index contributed by atoms with van der Waals surface area (Å²) in [5.74, 6) is 0.754. The third kappa shape index (κ3) is 2.60. The summed E-state index contributed by atoms with van der Waals surface area (Å²) < 4.78 is 0. The summed E-state index contributed by atoms with van der Waals surface area (Å²) in [6, 6.07) is 0.136. The van der Waals surface area contributed by atoms with Crippen molar-refractivity contribution in [3.05, 3.63) is 0 Å². The highest BCUT2D eigenvalue weighted by atomic mass is 16.4. The Balaban J connectivity index is 2.80. The van der Waals surface area contributed by atoms with Gasteiger partial charge in [0.15, 0.2) is 5.84 Å². The van der Waals surface area contributed by atoms with E-state index in [1.165, 1.54) is 0 Å². The highest BCUT2D eigenvalue weighted by molar-refractivity contribution is 6.07. The lowest BCUT2D eigenvalue weighted by atomic mass is 9.61. The Morgan fingerprint density at radius 1 is 1.56 bits per heavy atom. The molecule has 1 aliphatic rings. The number of amides is 1. The summed E-state index contributed by atoms with van der Waals surface area (Å²) in [4.78, 5) is 12.4. The maximum Gasteiger partial charge on any atom is 0.234 e. The van der Waals surface area contributed by atoms with Crippen LogP contribution in [0.2, 0.25) is 0 Å². The molecule has 18 heavy (non-hydrogen) atoms. The predicted molar refractivity (Wildman–Crippen MR) is 71.3 cm³/mol. The minimum Gasteiger partial charge on any atom is -0.409 e. The van der Waals surface area contributed by atoms with Crippen LogP contribution >= 0.6 is 0 Å². The van der Waals surface area contributed by atoms with Crippen molar-refractivity contribution >= 4 is 11.7 Å². The average molecular weight is 255 g/mol. The number of nitrogens with one attached hydrogen (secondary N) is 1. The monoisotopic (exact) mass is 255 g/mol. The SMILES string of the molecule is CCC(NC(=O)C1(C(N)=NO)CC(C)C1)C(C)C. The second kappa shape index (κ2) is 5.59. The molecule has 0 aromatic heterocycles. The zero-order valence-corrected chi connectivity index (χ0v) is 11.7. The summed E-state index contributed by atoms with van der Waals surface area (Å²) in [6.07, 6.45) is 2.19. The number of carbonyl (C=O) groups excluding carboxylic acids is 1. The molecule has 5 heteroatoms. The molecule has 1 saturated carbocycles. The number of hydrogen-bond donors (Lipinski definition) is 3. The van der Waals surface area contributed by atoms with Crippen molar-refractivity contribution in [1.82, 2.24) is 5.32 Å². The van der Waals surface area contributed by atoms with Gasteiger partial charge in [-0.3, -0.25) is 4.79 Å². The largest absolute Gasteiger partial charge is 0.409 e. The topological polar surface area (TPSA) is 87.7 Å². The number of carbonyl (C=O) groups is 1. The van der Waals surface area contributed by atoms with E-state index in [0.29, 0.717) is 24.7 Å². The van der Waals surface area contributed by atoms with Gasteiger partial charge in [0.25, 0.3) is 0 Å². The number of hydrogen-bond acceptors (Lipinski definition) is 3. The Morgan fingerprint density at radius 3 is 2.44 bits per heavy atom. The van der Waals surface area contributed by atoms with Gasteiger partial charge in [0.2, 0.25) is 5.91 Å². The van der Waals surface area contributed by atoms with Gasteiger partial charge in [-0.25, -0.2) is 0 Å². The molecule has 1 atom stereocenters. The number of rotatable bonds is 5. The molecule has 1 rings (SSSR count). The molecule has 5 nitrogen and oxygen atoms in total. The minimum absolute atomic E-state index is 0.0386. The second-order valence-electron chi connectivity index (χ2n) is 5.81. The minimum atomic E-state index is -0.795. The van der Waals surface area contributed by atoms with E-state index < -0.39 is 5.41 Å². The molecule has 1 fully saturated rings. The van der Waals surface area contributed by atoms with Crippen LogP contribution in [0.3, 0.4) is 0 Å². The molecule has 0 bridgehead atoms. The van der Waals surface area contributed by atoms with Crippen molar-refractivity contribution in [2.75, 3.05) is 0 Å². The fraction of sp³-hybridized carbons (Fsp3) is 0.846. The molecule has 1 unspecified atom stereocenters. The van der Waals surface area contributed by atoms with Crippen LogP contribution < -0.4 is 11.1 Å². The maximum atomic E-state index is 12.4. The van der Waals surface area contributed by atoms with E-state index in [1.54, 1.807) is 0 Å². The van der Waals surface area contributed by atoms with Gasteiger partial charge in [0.1, 0.15) is 5.41 Å². The molecule has 4 N–H and O–H groups in total. The number of nitrogens with two attached hydrogens (primary N) is 1. The van der Waals surface area contributed by atoms with Crippen LogP contribution in [0.5, 0.6) is 0 Å². The molecule has 0 radical (unpaired) electrons. The van der Waals surface area contributed by atoms with Crippen LogP contribution in [0.4, 0.5) is 0 Å². The third-order valence-corrected chi connectivity index (χ3v) is 3.99. The lowest BCUT2D eigenvalue weighted by Crippen LogP contribution is -2.58. The lowest BCUT2D eigenvalue weighted by Gasteiger charge is -2.44. The number of amidine groups is 1. The summed E-state index contributed by atoms with van der Waals surface area (Å²) in [5.41, 5.74) is 4.91. The first-order valence-corrected chi connectivity index (χ1v) is 6.66. The number of nitrogens with zero attached hydrogens (tertiary/aromatic N) is 1. The van der Waals surface area contributed by atoms with E-state index in [9.17, 15) is 4.79 Å². The predicted octanol–water partition coefficient (Wildman–Crippen LogP) is 1.70. The number of oxime groups is 1.